The van der Waals surface area contributed by atoms with Gasteiger partial charge in [-0.1, -0.05) is 13.8 Å². The topological polar surface area (TPSA) is 108 Å². The average molecular weight is 327 g/mol. The third kappa shape index (κ3) is 5.44. The van der Waals surface area contributed by atoms with Crippen molar-refractivity contribution in [3.8, 4) is 0 Å². The van der Waals surface area contributed by atoms with E-state index >= 15 is 0 Å². The van der Waals surface area contributed by atoms with Gasteiger partial charge in [-0.3, -0.25) is 14.4 Å². The van der Waals surface area contributed by atoms with Crippen molar-refractivity contribution in [2.24, 2.45) is 11.3 Å². The zero-order valence-electron chi connectivity index (χ0n) is 13.1. The number of carbonyl (C=O) groups excluding carboxylic acids is 2. The molecule has 1 aromatic heterocycles. The first kappa shape index (κ1) is 18.1. The summed E-state index contributed by atoms with van der Waals surface area (Å²) < 4.78 is 0. The summed E-state index contributed by atoms with van der Waals surface area (Å²) in [4.78, 5) is 38.4. The molecule has 3 N–H and O–H groups in total. The second-order valence-corrected chi connectivity index (χ2v) is 6.79. The smallest absolute Gasteiger partial charge is 0.310 e. The Labute approximate surface area is 133 Å². The van der Waals surface area contributed by atoms with E-state index in [2.05, 4.69) is 15.6 Å². The van der Waals surface area contributed by atoms with E-state index in [1.807, 2.05) is 0 Å². The monoisotopic (exact) mass is 327 g/mol. The molecule has 7 nitrogen and oxygen atoms in total. The van der Waals surface area contributed by atoms with Crippen LogP contribution in [0.15, 0.2) is 5.38 Å². The predicted molar refractivity (Wildman–Crippen MR) is 83.7 cm³/mol. The Balaban J connectivity index is 2.51. The molecule has 0 aliphatic carbocycles. The summed E-state index contributed by atoms with van der Waals surface area (Å²) in [5, 5.41) is 16.4. The third-order valence-corrected chi connectivity index (χ3v) is 3.76. The van der Waals surface area contributed by atoms with E-state index < -0.39 is 11.4 Å². The number of hydrogen-bond donors (Lipinski definition) is 3. The molecule has 0 aliphatic heterocycles. The Morgan fingerprint density at radius 3 is 2.55 bits per heavy atom. The molecule has 0 saturated carbocycles. The SMILES string of the molecule is CC(C)C(=O)Nc1nc(CC(=O)NCC(C)(C)C(=O)O)cs1. The van der Waals surface area contributed by atoms with Gasteiger partial charge in [0.25, 0.3) is 0 Å². The number of thiazole rings is 1. The molecule has 0 radical (unpaired) electrons. The molecular formula is C14H21N3O4S. The average Bonchev–Trinajstić information content (AvgIpc) is 2.83. The van der Waals surface area contributed by atoms with Crippen molar-refractivity contribution in [1.29, 1.82) is 0 Å². The van der Waals surface area contributed by atoms with Crippen molar-refractivity contribution in [2.45, 2.75) is 34.1 Å². The molecule has 0 fully saturated rings. The normalized spacial score (nSPS) is 11.3. The fourth-order valence-electron chi connectivity index (χ4n) is 1.32. The van der Waals surface area contributed by atoms with Gasteiger partial charge in [0.05, 0.1) is 17.5 Å². The number of carboxylic acid groups (broad SMARTS) is 1. The molecule has 0 unspecified atom stereocenters. The number of rotatable bonds is 7. The number of aromatic nitrogens is 1. The molecule has 22 heavy (non-hydrogen) atoms. The van der Waals surface area contributed by atoms with E-state index in [4.69, 9.17) is 5.11 Å². The van der Waals surface area contributed by atoms with Gasteiger partial charge in [0, 0.05) is 17.8 Å². The summed E-state index contributed by atoms with van der Waals surface area (Å²) in [7, 11) is 0. The number of hydrogen-bond acceptors (Lipinski definition) is 5. The van der Waals surface area contributed by atoms with Crippen molar-refractivity contribution in [3.63, 3.8) is 0 Å². The molecule has 122 valence electrons. The Morgan fingerprint density at radius 1 is 1.36 bits per heavy atom. The van der Waals surface area contributed by atoms with Gasteiger partial charge in [-0.25, -0.2) is 4.98 Å². The van der Waals surface area contributed by atoms with E-state index in [9.17, 15) is 14.4 Å². The van der Waals surface area contributed by atoms with Gasteiger partial charge in [0.15, 0.2) is 5.13 Å². The molecule has 8 heteroatoms. The zero-order chi connectivity index (χ0) is 16.9. The van der Waals surface area contributed by atoms with Gasteiger partial charge in [-0.05, 0) is 13.8 Å². The molecule has 0 atom stereocenters. The third-order valence-electron chi connectivity index (χ3n) is 2.95. The van der Waals surface area contributed by atoms with E-state index in [1.54, 1.807) is 19.2 Å². The van der Waals surface area contributed by atoms with Crippen LogP contribution in [0.5, 0.6) is 0 Å². The number of carboxylic acids is 1. The summed E-state index contributed by atoms with van der Waals surface area (Å²) in [6.07, 6.45) is 0.0454. The molecule has 0 spiro atoms. The van der Waals surface area contributed by atoms with Crippen molar-refractivity contribution in [3.05, 3.63) is 11.1 Å². The summed E-state index contributed by atoms with van der Waals surface area (Å²) >= 11 is 1.25. The fraction of sp³-hybridized carbons (Fsp3) is 0.571. The highest BCUT2D eigenvalue weighted by Crippen LogP contribution is 2.17. The predicted octanol–water partition coefficient (Wildman–Crippen LogP) is 1.51. The standard InChI is InChI=1S/C14H21N3O4S/c1-8(2)11(19)17-13-16-9(6-22-13)5-10(18)15-7-14(3,4)12(20)21/h6,8H,5,7H2,1-4H3,(H,15,18)(H,20,21)(H,16,17,19). The van der Waals surface area contributed by atoms with Crippen LogP contribution in [0.3, 0.4) is 0 Å². The van der Waals surface area contributed by atoms with Gasteiger partial charge in [0.2, 0.25) is 11.8 Å². The van der Waals surface area contributed by atoms with Crippen LogP contribution in [-0.4, -0.2) is 34.4 Å². The molecule has 0 bridgehead atoms. The molecular weight excluding hydrogens is 306 g/mol. The van der Waals surface area contributed by atoms with Crippen molar-refractivity contribution in [2.75, 3.05) is 11.9 Å². The van der Waals surface area contributed by atoms with Crippen LogP contribution in [0, 0.1) is 11.3 Å². The van der Waals surface area contributed by atoms with Crippen LogP contribution in [0.1, 0.15) is 33.4 Å². The zero-order valence-corrected chi connectivity index (χ0v) is 13.9. The first-order valence-corrected chi connectivity index (χ1v) is 7.75. The van der Waals surface area contributed by atoms with E-state index in [0.717, 1.165) is 0 Å². The Hall–Kier alpha value is -1.96. The minimum absolute atomic E-state index is 0.0439. The van der Waals surface area contributed by atoms with Crippen LogP contribution in [0.4, 0.5) is 5.13 Å². The molecule has 0 aromatic carbocycles. The molecule has 0 saturated heterocycles. The van der Waals surface area contributed by atoms with E-state index in [0.29, 0.717) is 10.8 Å². The minimum Gasteiger partial charge on any atom is -0.481 e. The number of anilines is 1. The number of nitrogens with zero attached hydrogens (tertiary/aromatic N) is 1. The summed E-state index contributed by atoms with van der Waals surface area (Å²) in [5.74, 6) is -1.55. The number of carbonyl (C=O) groups is 3. The lowest BCUT2D eigenvalue weighted by molar-refractivity contribution is -0.146. The summed E-state index contributed by atoms with van der Waals surface area (Å²) in [6, 6.07) is 0. The minimum atomic E-state index is -1.02. The lowest BCUT2D eigenvalue weighted by Gasteiger charge is -2.19. The first-order valence-electron chi connectivity index (χ1n) is 6.87. The van der Waals surface area contributed by atoms with Crippen LogP contribution < -0.4 is 10.6 Å². The van der Waals surface area contributed by atoms with Crippen molar-refractivity contribution >= 4 is 34.3 Å². The van der Waals surface area contributed by atoms with Crippen LogP contribution >= 0.6 is 11.3 Å². The van der Waals surface area contributed by atoms with Crippen LogP contribution in [-0.2, 0) is 20.8 Å². The molecule has 0 aliphatic rings. The van der Waals surface area contributed by atoms with Gasteiger partial charge < -0.3 is 15.7 Å². The summed E-state index contributed by atoms with van der Waals surface area (Å²) in [5.41, 5.74) is -0.483. The van der Waals surface area contributed by atoms with Crippen LogP contribution in [0.2, 0.25) is 0 Å². The number of amides is 2. The molecule has 1 rings (SSSR count). The summed E-state index contributed by atoms with van der Waals surface area (Å²) in [6.45, 7) is 6.68. The maximum atomic E-state index is 11.8. The van der Waals surface area contributed by atoms with E-state index in [-0.39, 0.29) is 30.7 Å². The van der Waals surface area contributed by atoms with Gasteiger partial charge in [-0.2, -0.15) is 0 Å². The lowest BCUT2D eigenvalue weighted by atomic mass is 9.94. The maximum absolute atomic E-state index is 11.8. The highest BCUT2D eigenvalue weighted by molar-refractivity contribution is 7.13. The van der Waals surface area contributed by atoms with Gasteiger partial charge >= 0.3 is 5.97 Å². The maximum Gasteiger partial charge on any atom is 0.310 e. The first-order chi connectivity index (χ1) is 10.1. The van der Waals surface area contributed by atoms with Crippen LogP contribution in [0.25, 0.3) is 0 Å². The lowest BCUT2D eigenvalue weighted by Crippen LogP contribution is -2.39. The fourth-order valence-corrected chi connectivity index (χ4v) is 2.03. The second-order valence-electron chi connectivity index (χ2n) is 5.93. The Kier molecular flexibility index (Phi) is 6.04. The van der Waals surface area contributed by atoms with Crippen molar-refractivity contribution < 1.29 is 19.5 Å². The molecule has 2 amide bonds. The number of nitrogens with one attached hydrogen (secondary N) is 2. The Morgan fingerprint density at radius 2 is 2.00 bits per heavy atom. The highest BCUT2D eigenvalue weighted by atomic mass is 32.1. The molecule has 1 heterocycles. The second kappa shape index (κ2) is 7.35. The van der Waals surface area contributed by atoms with E-state index in [1.165, 1.54) is 25.2 Å². The van der Waals surface area contributed by atoms with Crippen molar-refractivity contribution in [1.82, 2.24) is 10.3 Å². The highest BCUT2D eigenvalue weighted by Gasteiger charge is 2.27. The largest absolute Gasteiger partial charge is 0.481 e. The number of aliphatic carboxylic acids is 1. The van der Waals surface area contributed by atoms with Gasteiger partial charge in [0.1, 0.15) is 0 Å². The Bertz CT molecular complexity index is 566. The molecule has 1 aromatic rings. The quantitative estimate of drug-likeness (QED) is 0.703. The van der Waals surface area contributed by atoms with Gasteiger partial charge in [-0.15, -0.1) is 11.3 Å².